The van der Waals surface area contributed by atoms with E-state index in [0.29, 0.717) is 34.4 Å². The van der Waals surface area contributed by atoms with Crippen LogP contribution < -0.4 is 10.1 Å². The molecule has 0 radical (unpaired) electrons. The Morgan fingerprint density at radius 1 is 0.923 bits per heavy atom. The molecule has 5 heteroatoms. The summed E-state index contributed by atoms with van der Waals surface area (Å²) in [5.74, 6) is 1.12. The van der Waals surface area contributed by atoms with Gasteiger partial charge in [-0.2, -0.15) is 0 Å². The number of rotatable bonds is 6. The van der Waals surface area contributed by atoms with Gasteiger partial charge < -0.3 is 10.1 Å². The molecule has 0 unspecified atom stereocenters. The van der Waals surface area contributed by atoms with Crippen LogP contribution in [-0.2, 0) is 11.2 Å². The van der Waals surface area contributed by atoms with Crippen molar-refractivity contribution in [2.75, 3.05) is 5.32 Å². The van der Waals surface area contributed by atoms with Crippen LogP contribution in [0.2, 0.25) is 10.0 Å². The van der Waals surface area contributed by atoms with Crippen molar-refractivity contribution < 1.29 is 9.53 Å². The van der Waals surface area contributed by atoms with Crippen molar-refractivity contribution >= 4 is 34.8 Å². The highest BCUT2D eigenvalue weighted by Crippen LogP contribution is 2.31. The molecular weight excluding hydrogens is 369 g/mol. The molecular formula is C21H17Cl2NO2. The monoisotopic (exact) mass is 385 g/mol. The van der Waals surface area contributed by atoms with Crippen molar-refractivity contribution in [3.8, 4) is 11.5 Å². The third kappa shape index (κ3) is 5.25. The molecule has 3 rings (SSSR count). The van der Waals surface area contributed by atoms with Gasteiger partial charge in [0.2, 0.25) is 5.91 Å². The van der Waals surface area contributed by atoms with Crippen molar-refractivity contribution in [2.24, 2.45) is 0 Å². The van der Waals surface area contributed by atoms with E-state index >= 15 is 0 Å². The molecule has 0 saturated heterocycles. The van der Waals surface area contributed by atoms with E-state index in [-0.39, 0.29) is 5.91 Å². The van der Waals surface area contributed by atoms with E-state index in [9.17, 15) is 4.79 Å². The van der Waals surface area contributed by atoms with Crippen molar-refractivity contribution in [3.05, 3.63) is 88.4 Å². The van der Waals surface area contributed by atoms with Gasteiger partial charge in [-0.15, -0.1) is 0 Å². The fraction of sp³-hybridized carbons (Fsp3) is 0.0952. The summed E-state index contributed by atoms with van der Waals surface area (Å²) >= 11 is 12.0. The summed E-state index contributed by atoms with van der Waals surface area (Å²) in [7, 11) is 0. The molecule has 0 spiro atoms. The van der Waals surface area contributed by atoms with Gasteiger partial charge in [0.05, 0.1) is 5.02 Å². The quantitative estimate of drug-likeness (QED) is 0.536. The topological polar surface area (TPSA) is 38.3 Å². The molecule has 3 aromatic rings. The number of hydrogen-bond donors (Lipinski definition) is 1. The Kier molecular flexibility index (Phi) is 6.16. The third-order valence-electron chi connectivity index (χ3n) is 3.74. The molecule has 0 bridgehead atoms. The molecule has 0 saturated carbocycles. The zero-order valence-electron chi connectivity index (χ0n) is 13.9. The lowest BCUT2D eigenvalue weighted by Gasteiger charge is -2.09. The van der Waals surface area contributed by atoms with Crippen LogP contribution in [0.1, 0.15) is 12.0 Å². The number of benzene rings is 3. The number of halogens is 2. The zero-order chi connectivity index (χ0) is 18.4. The highest BCUT2D eigenvalue weighted by Gasteiger charge is 2.06. The average molecular weight is 386 g/mol. The Morgan fingerprint density at radius 2 is 1.65 bits per heavy atom. The van der Waals surface area contributed by atoms with E-state index in [0.717, 1.165) is 11.3 Å². The molecule has 0 aliphatic carbocycles. The van der Waals surface area contributed by atoms with Crippen molar-refractivity contribution in [2.45, 2.75) is 12.8 Å². The number of hydrogen-bond acceptors (Lipinski definition) is 2. The second kappa shape index (κ2) is 8.75. The maximum Gasteiger partial charge on any atom is 0.224 e. The lowest BCUT2D eigenvalue weighted by Crippen LogP contribution is -2.12. The molecule has 0 aliphatic rings. The van der Waals surface area contributed by atoms with Gasteiger partial charge in [0.25, 0.3) is 0 Å². The summed E-state index contributed by atoms with van der Waals surface area (Å²) in [6.07, 6.45) is 1.14. The third-order valence-corrected chi connectivity index (χ3v) is 4.27. The number of nitrogens with one attached hydrogen (secondary N) is 1. The van der Waals surface area contributed by atoms with Gasteiger partial charge in [0.15, 0.2) is 0 Å². The highest BCUT2D eigenvalue weighted by atomic mass is 35.5. The minimum atomic E-state index is -0.0248. The first-order chi connectivity index (χ1) is 12.6. The Labute approximate surface area is 162 Å². The smallest absolute Gasteiger partial charge is 0.224 e. The number of carbonyl (C=O) groups is 1. The first-order valence-corrected chi connectivity index (χ1v) is 8.92. The van der Waals surface area contributed by atoms with Crippen LogP contribution in [0.15, 0.2) is 72.8 Å². The summed E-state index contributed by atoms with van der Waals surface area (Å²) in [5, 5.41) is 3.88. The van der Waals surface area contributed by atoms with Gasteiger partial charge in [-0.25, -0.2) is 0 Å². The van der Waals surface area contributed by atoms with Gasteiger partial charge in [0.1, 0.15) is 11.5 Å². The molecule has 0 aliphatic heterocycles. The Balaban J connectivity index is 1.54. The average Bonchev–Trinajstić information content (AvgIpc) is 2.65. The lowest BCUT2D eigenvalue weighted by atomic mass is 10.1. The number of amides is 1. The summed E-state index contributed by atoms with van der Waals surface area (Å²) in [4.78, 5) is 12.1. The van der Waals surface area contributed by atoms with Gasteiger partial charge in [-0.3, -0.25) is 4.79 Å². The summed E-state index contributed by atoms with van der Waals surface area (Å²) in [6.45, 7) is 0. The van der Waals surface area contributed by atoms with E-state index in [1.165, 1.54) is 0 Å². The first kappa shape index (κ1) is 18.3. The minimum absolute atomic E-state index is 0.0248. The van der Waals surface area contributed by atoms with E-state index in [1.807, 2.05) is 30.3 Å². The first-order valence-electron chi connectivity index (χ1n) is 8.17. The van der Waals surface area contributed by atoms with Gasteiger partial charge in [0, 0.05) is 17.1 Å². The summed E-state index contributed by atoms with van der Waals surface area (Å²) in [6, 6.07) is 22.1. The van der Waals surface area contributed by atoms with Crippen molar-refractivity contribution in [1.82, 2.24) is 0 Å². The Hall–Kier alpha value is -2.49. The lowest BCUT2D eigenvalue weighted by molar-refractivity contribution is -0.116. The second-order valence-corrected chi connectivity index (χ2v) is 6.58. The van der Waals surface area contributed by atoms with Crippen LogP contribution in [0.5, 0.6) is 11.5 Å². The molecule has 1 N–H and O–H groups in total. The molecule has 0 heterocycles. The van der Waals surface area contributed by atoms with E-state index in [1.54, 1.807) is 42.5 Å². The normalized spacial score (nSPS) is 10.4. The van der Waals surface area contributed by atoms with Gasteiger partial charge in [-0.1, -0.05) is 53.5 Å². The predicted octanol–water partition coefficient (Wildman–Crippen LogP) is 6.36. The molecule has 3 nitrogen and oxygen atoms in total. The fourth-order valence-electron chi connectivity index (χ4n) is 2.42. The van der Waals surface area contributed by atoms with E-state index in [4.69, 9.17) is 27.9 Å². The van der Waals surface area contributed by atoms with E-state index in [2.05, 4.69) is 5.32 Å². The van der Waals surface area contributed by atoms with Crippen LogP contribution >= 0.6 is 23.2 Å². The number of ether oxygens (including phenoxy) is 1. The van der Waals surface area contributed by atoms with E-state index < -0.39 is 0 Å². The van der Waals surface area contributed by atoms with Crippen LogP contribution in [0.25, 0.3) is 0 Å². The van der Waals surface area contributed by atoms with Crippen molar-refractivity contribution in [3.63, 3.8) is 0 Å². The maximum atomic E-state index is 12.1. The molecule has 132 valence electrons. The van der Waals surface area contributed by atoms with Gasteiger partial charge >= 0.3 is 0 Å². The number of carbonyl (C=O) groups excluding carboxylic acids is 1. The standard InChI is InChI=1S/C21H17Cl2NO2/c22-16-7-12-20(19(23)14-16)26-18-10-8-17(9-11-18)24-21(25)13-6-15-4-2-1-3-5-15/h1-5,7-12,14H,6,13H2,(H,24,25). The summed E-state index contributed by atoms with van der Waals surface area (Å²) in [5.41, 5.74) is 1.86. The van der Waals surface area contributed by atoms with Crippen LogP contribution in [0.4, 0.5) is 5.69 Å². The molecule has 26 heavy (non-hydrogen) atoms. The molecule has 1 amide bonds. The largest absolute Gasteiger partial charge is 0.456 e. The zero-order valence-corrected chi connectivity index (χ0v) is 15.4. The van der Waals surface area contributed by atoms with Crippen LogP contribution in [0, 0.1) is 0 Å². The SMILES string of the molecule is O=C(CCc1ccccc1)Nc1ccc(Oc2ccc(Cl)cc2Cl)cc1. The minimum Gasteiger partial charge on any atom is -0.456 e. The Bertz CT molecular complexity index is 880. The maximum absolute atomic E-state index is 12.1. The molecule has 0 atom stereocenters. The molecule has 3 aromatic carbocycles. The molecule has 0 fully saturated rings. The Morgan fingerprint density at radius 3 is 2.35 bits per heavy atom. The molecule has 0 aromatic heterocycles. The van der Waals surface area contributed by atoms with Crippen molar-refractivity contribution in [1.29, 1.82) is 0 Å². The van der Waals surface area contributed by atoms with Crippen LogP contribution in [-0.4, -0.2) is 5.91 Å². The highest BCUT2D eigenvalue weighted by molar-refractivity contribution is 6.35. The second-order valence-electron chi connectivity index (χ2n) is 5.73. The van der Waals surface area contributed by atoms with Gasteiger partial charge in [-0.05, 0) is 54.4 Å². The van der Waals surface area contributed by atoms with Crippen LogP contribution in [0.3, 0.4) is 0 Å². The summed E-state index contributed by atoms with van der Waals surface area (Å²) < 4.78 is 5.73. The predicted molar refractivity (Wildman–Crippen MR) is 106 cm³/mol. The number of aryl methyl sites for hydroxylation is 1. The number of anilines is 1. The fourth-order valence-corrected chi connectivity index (χ4v) is 2.86.